The van der Waals surface area contributed by atoms with E-state index in [2.05, 4.69) is 0 Å². The van der Waals surface area contributed by atoms with Gasteiger partial charge in [0.15, 0.2) is 5.78 Å². The fraction of sp³-hybridized carbons (Fsp3) is 0.462. The second kappa shape index (κ2) is 7.85. The lowest BCUT2D eigenvalue weighted by Gasteiger charge is -2.16. The number of carbonyl (C=O) groups is 1. The van der Waals surface area contributed by atoms with Crippen LogP contribution in [0, 0.1) is 0 Å². The molecule has 0 bridgehead atoms. The maximum atomic E-state index is 12.3. The van der Waals surface area contributed by atoms with Crippen LogP contribution < -0.4 is 0 Å². The number of carbonyl (C=O) groups excluding carboxylic acids is 1. The van der Waals surface area contributed by atoms with Crippen molar-refractivity contribution in [2.24, 2.45) is 0 Å². The molecule has 0 aliphatic carbocycles. The highest BCUT2D eigenvalue weighted by molar-refractivity contribution is 7.98. The summed E-state index contributed by atoms with van der Waals surface area (Å²) in [7, 11) is -3.31. The third-order valence-electron chi connectivity index (χ3n) is 2.40. The number of hydrogen-bond acceptors (Lipinski definition) is 5. The molecule has 0 aliphatic heterocycles. The minimum atomic E-state index is -3.31. The smallest absolute Gasteiger partial charge is 0.309 e. The summed E-state index contributed by atoms with van der Waals surface area (Å²) in [5.41, 5.74) is 0.525. The van der Waals surface area contributed by atoms with Crippen molar-refractivity contribution in [3.8, 4) is 0 Å². The molecule has 4 nitrogen and oxygen atoms in total. The van der Waals surface area contributed by atoms with E-state index in [1.165, 1.54) is 0 Å². The summed E-state index contributed by atoms with van der Waals surface area (Å²) < 4.78 is 22.5. The fourth-order valence-electron chi connectivity index (χ4n) is 1.57. The molecular weight excluding hydrogens is 283 g/mol. The van der Waals surface area contributed by atoms with Crippen molar-refractivity contribution >= 4 is 25.1 Å². The summed E-state index contributed by atoms with van der Waals surface area (Å²) in [5.74, 6) is -0.224. The summed E-state index contributed by atoms with van der Waals surface area (Å²) >= 11 is 1.60. The van der Waals surface area contributed by atoms with Crippen LogP contribution in [0.3, 0.4) is 0 Å². The highest BCUT2D eigenvalue weighted by Gasteiger charge is 2.28. The Balaban J connectivity index is 2.78. The number of thioether (sulfide) groups is 1. The summed E-state index contributed by atoms with van der Waals surface area (Å²) in [6.45, 7) is 3.97. The Morgan fingerprint density at radius 3 is 2.11 bits per heavy atom. The number of benzene rings is 1. The van der Waals surface area contributed by atoms with Crippen LogP contribution in [0.2, 0.25) is 0 Å². The van der Waals surface area contributed by atoms with E-state index in [4.69, 9.17) is 9.05 Å². The number of ketones is 1. The first-order valence-corrected chi connectivity index (χ1v) is 9.05. The molecule has 0 atom stereocenters. The molecule has 0 heterocycles. The van der Waals surface area contributed by atoms with Gasteiger partial charge in [0.1, 0.15) is 6.16 Å². The van der Waals surface area contributed by atoms with Gasteiger partial charge < -0.3 is 9.05 Å². The zero-order valence-corrected chi connectivity index (χ0v) is 13.1. The molecule has 0 saturated carbocycles. The van der Waals surface area contributed by atoms with Crippen molar-refractivity contribution in [3.63, 3.8) is 0 Å². The van der Waals surface area contributed by atoms with Gasteiger partial charge in [-0.25, -0.2) is 0 Å². The Hall–Kier alpha value is -0.610. The predicted molar refractivity (Wildman–Crippen MR) is 78.3 cm³/mol. The monoisotopic (exact) mass is 302 g/mol. The summed E-state index contributed by atoms with van der Waals surface area (Å²) in [6.07, 6.45) is 1.75. The largest absolute Gasteiger partial charge is 0.338 e. The van der Waals surface area contributed by atoms with Gasteiger partial charge in [-0.15, -0.1) is 11.8 Å². The molecule has 0 aromatic heterocycles. The molecule has 1 aromatic carbocycles. The highest BCUT2D eigenvalue weighted by Crippen LogP contribution is 2.48. The molecule has 0 spiro atoms. The van der Waals surface area contributed by atoms with Crippen molar-refractivity contribution in [3.05, 3.63) is 29.8 Å². The van der Waals surface area contributed by atoms with E-state index in [9.17, 15) is 9.36 Å². The molecule has 0 saturated heterocycles. The number of rotatable bonds is 8. The normalized spacial score (nSPS) is 11.5. The molecule has 0 fully saturated rings. The summed E-state index contributed by atoms with van der Waals surface area (Å²) in [6, 6.07) is 7.20. The standard InChI is InChI=1S/C13H19O4PS/c1-4-16-18(15,17-5-2)10-13(14)11-6-8-12(19-3)9-7-11/h6-9H,4-5,10H2,1-3H3. The first-order valence-electron chi connectivity index (χ1n) is 6.10. The van der Waals surface area contributed by atoms with Gasteiger partial charge >= 0.3 is 7.60 Å². The lowest BCUT2D eigenvalue weighted by Crippen LogP contribution is -2.10. The average molecular weight is 302 g/mol. The van der Waals surface area contributed by atoms with Gasteiger partial charge in [0, 0.05) is 10.5 Å². The highest BCUT2D eigenvalue weighted by atomic mass is 32.2. The lowest BCUT2D eigenvalue weighted by molar-refractivity contribution is 0.100. The zero-order chi connectivity index (χ0) is 14.3. The van der Waals surface area contributed by atoms with E-state index in [1.54, 1.807) is 37.7 Å². The fourth-order valence-corrected chi connectivity index (χ4v) is 3.55. The molecule has 0 amide bonds. The zero-order valence-electron chi connectivity index (χ0n) is 11.4. The van der Waals surface area contributed by atoms with E-state index in [0.29, 0.717) is 5.56 Å². The minimum Gasteiger partial charge on any atom is -0.309 e. The van der Waals surface area contributed by atoms with Crippen molar-refractivity contribution in [2.75, 3.05) is 25.6 Å². The molecule has 0 N–H and O–H groups in total. The van der Waals surface area contributed by atoms with Crippen molar-refractivity contribution in [2.45, 2.75) is 18.7 Å². The first-order chi connectivity index (χ1) is 9.04. The van der Waals surface area contributed by atoms with Gasteiger partial charge in [-0.2, -0.15) is 0 Å². The van der Waals surface area contributed by atoms with Gasteiger partial charge in [0.2, 0.25) is 0 Å². The van der Waals surface area contributed by atoms with Gasteiger partial charge in [-0.1, -0.05) is 12.1 Å². The average Bonchev–Trinajstić information content (AvgIpc) is 2.39. The van der Waals surface area contributed by atoms with Crippen molar-refractivity contribution in [1.29, 1.82) is 0 Å². The number of hydrogen-bond donors (Lipinski definition) is 0. The van der Waals surface area contributed by atoms with Crippen molar-refractivity contribution in [1.82, 2.24) is 0 Å². The molecule has 0 unspecified atom stereocenters. The van der Waals surface area contributed by atoms with E-state index >= 15 is 0 Å². The maximum Gasteiger partial charge on any atom is 0.338 e. The van der Waals surface area contributed by atoms with E-state index in [-0.39, 0.29) is 25.2 Å². The van der Waals surface area contributed by atoms with Gasteiger partial charge in [-0.3, -0.25) is 9.36 Å². The Labute approximate surface area is 118 Å². The van der Waals surface area contributed by atoms with E-state index in [0.717, 1.165) is 4.90 Å². The van der Waals surface area contributed by atoms with Gasteiger partial charge in [-0.05, 0) is 32.2 Å². The van der Waals surface area contributed by atoms with Crippen LogP contribution in [0.25, 0.3) is 0 Å². The van der Waals surface area contributed by atoms with E-state index in [1.807, 2.05) is 18.4 Å². The molecule has 19 heavy (non-hydrogen) atoms. The topological polar surface area (TPSA) is 52.6 Å². The summed E-state index contributed by atoms with van der Waals surface area (Å²) in [4.78, 5) is 13.1. The molecule has 6 heteroatoms. The first kappa shape index (κ1) is 16.4. The Morgan fingerprint density at radius 1 is 1.16 bits per heavy atom. The molecule has 1 rings (SSSR count). The molecule has 0 radical (unpaired) electrons. The molecular formula is C13H19O4PS. The Kier molecular flexibility index (Phi) is 6.80. The van der Waals surface area contributed by atoms with Crippen LogP contribution in [0.1, 0.15) is 24.2 Å². The van der Waals surface area contributed by atoms with Crippen LogP contribution in [-0.2, 0) is 13.6 Å². The second-order valence-electron chi connectivity index (χ2n) is 3.76. The third kappa shape index (κ3) is 5.11. The predicted octanol–water partition coefficient (Wildman–Crippen LogP) is 3.86. The van der Waals surface area contributed by atoms with Crippen LogP contribution in [0.15, 0.2) is 29.2 Å². The Morgan fingerprint density at radius 2 is 1.68 bits per heavy atom. The van der Waals surface area contributed by atoms with Crippen LogP contribution in [0.4, 0.5) is 0 Å². The van der Waals surface area contributed by atoms with Crippen LogP contribution >= 0.6 is 19.4 Å². The van der Waals surface area contributed by atoms with Crippen LogP contribution in [-0.4, -0.2) is 31.4 Å². The van der Waals surface area contributed by atoms with Crippen LogP contribution in [0.5, 0.6) is 0 Å². The molecule has 0 aliphatic rings. The Bertz CT molecular complexity index is 448. The number of Topliss-reactive ketones (excluding diaryl/α,β-unsaturated/α-hetero) is 1. The SMILES string of the molecule is CCOP(=O)(CC(=O)c1ccc(SC)cc1)OCC. The molecule has 106 valence electrons. The van der Waals surface area contributed by atoms with Gasteiger partial charge in [0.05, 0.1) is 13.2 Å². The van der Waals surface area contributed by atoms with E-state index < -0.39 is 7.60 Å². The lowest BCUT2D eigenvalue weighted by atomic mass is 10.1. The minimum absolute atomic E-state index is 0.215. The summed E-state index contributed by atoms with van der Waals surface area (Å²) in [5, 5.41) is 0. The quantitative estimate of drug-likeness (QED) is 0.414. The third-order valence-corrected chi connectivity index (χ3v) is 5.12. The maximum absolute atomic E-state index is 12.3. The molecule has 1 aromatic rings. The van der Waals surface area contributed by atoms with Crippen molar-refractivity contribution < 1.29 is 18.4 Å². The van der Waals surface area contributed by atoms with Gasteiger partial charge in [0.25, 0.3) is 0 Å². The second-order valence-corrected chi connectivity index (χ2v) is 6.69.